The van der Waals surface area contributed by atoms with E-state index in [2.05, 4.69) is 164 Å². The molecular weight excluding hydrogens is 1230 g/mol. The molecule has 3 unspecified atom stereocenters. The Hall–Kier alpha value is -4.25. The lowest BCUT2D eigenvalue weighted by molar-refractivity contribution is -0.923. The van der Waals surface area contributed by atoms with E-state index in [9.17, 15) is 19.2 Å². The van der Waals surface area contributed by atoms with E-state index in [0.717, 1.165) is 96.2 Å². The van der Waals surface area contributed by atoms with Gasteiger partial charge in [0.15, 0.2) is 18.2 Å². The van der Waals surface area contributed by atoms with E-state index in [1.807, 2.05) is 20.8 Å². The number of ketones is 2. The number of likely N-dealkylation sites (tertiary alicyclic amines) is 1. The Kier molecular flexibility index (Phi) is 49.0. The summed E-state index contributed by atoms with van der Waals surface area (Å²) in [4.78, 5) is 68.1. The molecule has 1 aliphatic heterocycles. The summed E-state index contributed by atoms with van der Waals surface area (Å²) in [6, 6.07) is 11.0. The summed E-state index contributed by atoms with van der Waals surface area (Å²) < 4.78 is 9.06. The summed E-state index contributed by atoms with van der Waals surface area (Å²) in [6.45, 7) is 48.9. The Labute approximate surface area is 569 Å². The number of nitrogens with zero attached hydrogens (tertiary/aromatic N) is 7. The number of hydrogen-bond acceptors (Lipinski definition) is 13. The van der Waals surface area contributed by atoms with Crippen LogP contribution in [0.25, 0.3) is 11.0 Å². The number of nitrogens with one attached hydrogen (secondary N) is 4. The Bertz CT molecular complexity index is 2410. The molecule has 3 atom stereocenters. The van der Waals surface area contributed by atoms with Crippen LogP contribution >= 0.6 is 0 Å². The van der Waals surface area contributed by atoms with Crippen LogP contribution in [-0.4, -0.2) is 176 Å². The lowest BCUT2D eigenvalue weighted by Gasteiger charge is -2.36. The molecule has 1 aromatic carbocycles. The number of urea groups is 1. The maximum Gasteiger partial charge on any atom is 0.319 e. The van der Waals surface area contributed by atoms with Crippen molar-refractivity contribution in [1.29, 1.82) is 0 Å². The Morgan fingerprint density at radius 3 is 2.04 bits per heavy atom. The van der Waals surface area contributed by atoms with Crippen LogP contribution in [0.1, 0.15) is 198 Å². The number of aliphatic imine (C=N–C) groups is 1. The Morgan fingerprint density at radius 1 is 0.824 bits per heavy atom. The van der Waals surface area contributed by atoms with Gasteiger partial charge in [-0.2, -0.15) is 0 Å². The van der Waals surface area contributed by atoms with Crippen LogP contribution in [0.5, 0.6) is 0 Å². The summed E-state index contributed by atoms with van der Waals surface area (Å²) in [7, 11) is 0. The molecule has 2 aromatic heterocycles. The van der Waals surface area contributed by atoms with Crippen LogP contribution in [-0.2, 0) is 20.9 Å². The van der Waals surface area contributed by atoms with Crippen molar-refractivity contribution in [2.75, 3.05) is 110 Å². The first-order chi connectivity index (χ1) is 42.2. The van der Waals surface area contributed by atoms with Gasteiger partial charge in [-0.25, -0.2) is 14.3 Å². The van der Waals surface area contributed by atoms with Crippen molar-refractivity contribution in [2.24, 2.45) is 45.4 Å². The highest BCUT2D eigenvalue weighted by molar-refractivity contribution is 5.95. The molecule has 4 rings (SSSR count). The van der Waals surface area contributed by atoms with Gasteiger partial charge in [0.2, 0.25) is 0 Å². The van der Waals surface area contributed by atoms with Gasteiger partial charge < -0.3 is 82.0 Å². The minimum Gasteiger partial charge on any atom is -1.00 e. The molecule has 3 heterocycles. The van der Waals surface area contributed by atoms with Crippen molar-refractivity contribution in [3.63, 3.8) is 0 Å². The number of aromatic nitrogens is 3. The number of nitrogens with two attached hydrogens (primary N) is 3. The molecule has 0 spiro atoms. The first-order valence-corrected chi connectivity index (χ1v) is 34.1. The second kappa shape index (κ2) is 50.2. The third kappa shape index (κ3) is 41.3. The number of ether oxygens (including phenoxy) is 1. The number of rotatable bonds is 38. The van der Waals surface area contributed by atoms with Gasteiger partial charge in [0.05, 0.1) is 68.5 Å². The largest absolute Gasteiger partial charge is 1.00 e. The predicted octanol–water partition coefficient (Wildman–Crippen LogP) is 4.20. The fraction of sp³-hybridized carbons (Fsp3) is 0.743. The molecule has 1 aliphatic rings. The maximum atomic E-state index is 13.2. The molecule has 10 N–H and O–H groups in total. The number of Topliss-reactive ketones (excluding diaryl/α,β-unsaturated/α-hetero) is 2. The van der Waals surface area contributed by atoms with E-state index in [4.69, 9.17) is 21.9 Å². The van der Waals surface area contributed by atoms with Gasteiger partial charge in [-0.3, -0.25) is 29.3 Å². The number of hydrogen-bond donors (Lipinski definition) is 7. The van der Waals surface area contributed by atoms with E-state index in [1.165, 1.54) is 62.5 Å². The average Bonchev–Trinajstić information content (AvgIpc) is 1.56. The van der Waals surface area contributed by atoms with Gasteiger partial charge in [0.1, 0.15) is 18.0 Å². The van der Waals surface area contributed by atoms with Crippen LogP contribution in [0.4, 0.5) is 10.5 Å². The van der Waals surface area contributed by atoms with Gasteiger partial charge in [-0.15, -0.1) is 0 Å². The molecule has 1 fully saturated rings. The summed E-state index contributed by atoms with van der Waals surface area (Å²) in [6.07, 6.45) is 17.6. The summed E-state index contributed by atoms with van der Waals surface area (Å²) in [5.41, 5.74) is 19.1. The first kappa shape index (κ1) is 88.8. The molecule has 91 heavy (non-hydrogen) atoms. The molecule has 1 saturated heterocycles. The molecule has 0 radical (unpaired) electrons. The van der Waals surface area contributed by atoms with Crippen molar-refractivity contribution in [1.82, 2.24) is 35.7 Å². The maximum absolute atomic E-state index is 13.2. The quantitative estimate of drug-likeness (QED) is 0.0140. The smallest absolute Gasteiger partial charge is 0.319 e. The number of amides is 3. The second-order valence-electron chi connectivity index (χ2n) is 27.0. The summed E-state index contributed by atoms with van der Waals surface area (Å²) >= 11 is 0. The van der Waals surface area contributed by atoms with Crippen molar-refractivity contribution >= 4 is 46.1 Å². The predicted molar refractivity (Wildman–Crippen MR) is 371 cm³/mol. The number of pyridine rings is 1. The number of quaternary nitrogens is 1. The standard InChI is InChI=1S/C24H39N7O3.C23H45N5O2.C12H28N.C11H18N.BrH.ClH/c1-6-31(7-2)13-10-25-22(32)21-17-27-20-16-18(8-9-19(20)30-21)29-23(33)26-11-14-34-15-12-28-24(3,4)5;1-17(25)27-13-7-9-18(22(30)23(2,3)4)15-21(29)20-11-8-14-28(20)16-19(26)10-5-6-12-24;1-6-13(7-2,8-3)11-9-10-12(4)5;1-11(2)7-6-10-12-8-4-3-5-9-12;;/h8-9,16-17,28H,6-7,10-15H2,1-5H3,(H,25,32)(H2,26,29,33);18-20H,5-16,24,26H2,1-4H3,(H2,25,27);12H,6-11H2,1-5H3;3-5,8-9,11H,6-7,10H2,1-2H3;2*1H/q;;2*+1;;/p-2. The lowest BCUT2D eigenvalue weighted by Crippen LogP contribution is -3.00. The molecule has 19 nitrogen and oxygen atoms in total. The number of aryl methyl sites for hydroxylation is 1. The van der Waals surface area contributed by atoms with E-state index in [1.54, 1.807) is 25.1 Å². The van der Waals surface area contributed by atoms with Crippen LogP contribution in [0.2, 0.25) is 0 Å². The molecule has 524 valence electrons. The fourth-order valence-electron chi connectivity index (χ4n) is 10.7. The van der Waals surface area contributed by atoms with Crippen molar-refractivity contribution in [3.05, 3.63) is 60.7 Å². The third-order valence-electron chi connectivity index (χ3n) is 16.3. The minimum atomic E-state index is -0.460. The number of halogens is 2. The Morgan fingerprint density at radius 2 is 1.46 bits per heavy atom. The van der Waals surface area contributed by atoms with Gasteiger partial charge in [-0.05, 0) is 162 Å². The second-order valence-corrected chi connectivity index (χ2v) is 27.0. The number of amidine groups is 1. The van der Waals surface area contributed by atoms with E-state index >= 15 is 0 Å². The number of anilines is 1. The SMILES string of the molecule is CC(C)CCC[n+]1ccccc1.CC(N)=NCCCC(CC(=O)C1CCCN1CC(N)CCCCN)C(=O)C(C)(C)C.CCN(CC)CCNC(=O)c1cnc2cc(NC(=O)NCCOCCNC(C)(C)C)ccc2n1.CC[N+](CC)(CC)CCCC(C)C.[Br-].[Cl-]. The number of benzene rings is 1. The zero-order chi connectivity index (χ0) is 66.8. The molecule has 0 saturated carbocycles. The topological polar surface area (TPSA) is 252 Å². The van der Waals surface area contributed by atoms with Crippen LogP contribution in [0.15, 0.2) is 60.0 Å². The fourth-order valence-corrected chi connectivity index (χ4v) is 10.7. The number of carbonyl (C=O) groups excluding carboxylic acids is 4. The van der Waals surface area contributed by atoms with Crippen molar-refractivity contribution in [2.45, 2.75) is 212 Å². The van der Waals surface area contributed by atoms with Crippen molar-refractivity contribution in [3.8, 4) is 0 Å². The zero-order valence-corrected chi connectivity index (χ0v) is 62.1. The van der Waals surface area contributed by atoms with Gasteiger partial charge in [0, 0.05) is 92.8 Å². The number of fused-ring (bicyclic) bond motifs is 1. The number of carbonyl (C=O) groups is 4. The molecule has 21 heteroatoms. The molecule has 3 amide bonds. The van der Waals surface area contributed by atoms with Gasteiger partial charge in [0.25, 0.3) is 5.91 Å². The van der Waals surface area contributed by atoms with Crippen LogP contribution in [0.3, 0.4) is 0 Å². The molecule has 3 aromatic rings. The monoisotopic (exact) mass is 1360 g/mol. The molecular formula is C70H130BrClN14O5. The van der Waals surface area contributed by atoms with Crippen LogP contribution < -0.4 is 72.4 Å². The third-order valence-corrected chi connectivity index (χ3v) is 16.3. The van der Waals surface area contributed by atoms with Crippen LogP contribution in [0, 0.1) is 23.2 Å². The van der Waals surface area contributed by atoms with Gasteiger partial charge in [-0.1, -0.05) is 74.8 Å². The van der Waals surface area contributed by atoms with Crippen molar-refractivity contribution < 1.29 is 62.4 Å². The summed E-state index contributed by atoms with van der Waals surface area (Å²) in [5, 5.41) is 11.7. The highest BCUT2D eigenvalue weighted by Crippen LogP contribution is 2.29. The molecule has 0 aliphatic carbocycles. The molecule has 0 bridgehead atoms. The minimum absolute atomic E-state index is 0. The average molecular weight is 1360 g/mol. The first-order valence-electron chi connectivity index (χ1n) is 34.1. The lowest BCUT2D eigenvalue weighted by atomic mass is 9.78. The van der Waals surface area contributed by atoms with E-state index in [0.29, 0.717) is 74.8 Å². The number of unbranched alkanes of at least 4 members (excludes halogenated alkanes) is 1. The highest BCUT2D eigenvalue weighted by atomic mass is 79.9. The Balaban J connectivity index is 0. The van der Waals surface area contributed by atoms with E-state index < -0.39 is 5.41 Å². The number of likely N-dealkylation sites (N-methyl/N-ethyl adjacent to an activating group) is 1. The van der Waals surface area contributed by atoms with E-state index in [-0.39, 0.29) is 82.1 Å². The summed E-state index contributed by atoms with van der Waals surface area (Å²) in [5.74, 6) is 2.08. The highest BCUT2D eigenvalue weighted by Gasteiger charge is 2.36. The zero-order valence-electron chi connectivity index (χ0n) is 59.7. The van der Waals surface area contributed by atoms with Gasteiger partial charge >= 0.3 is 6.03 Å². The normalized spacial score (nSPS) is 14.2.